The molecular formula is C18H16N2O6. The molecule has 2 aromatic rings. The largest absolute Gasteiger partial charge is 0.480 e. The van der Waals surface area contributed by atoms with Gasteiger partial charge in [-0.1, -0.05) is 26.8 Å². The topological polar surface area (TPSA) is 118 Å². The van der Waals surface area contributed by atoms with Crippen LogP contribution in [-0.2, 0) is 4.79 Å². The van der Waals surface area contributed by atoms with Crippen molar-refractivity contribution in [1.29, 1.82) is 0 Å². The number of aliphatic carboxylic acids is 1. The van der Waals surface area contributed by atoms with Crippen LogP contribution in [0.3, 0.4) is 0 Å². The van der Waals surface area contributed by atoms with Crippen molar-refractivity contribution in [2.75, 3.05) is 0 Å². The van der Waals surface area contributed by atoms with Crippen molar-refractivity contribution in [2.45, 2.75) is 26.8 Å². The molecule has 1 atom stereocenters. The summed E-state index contributed by atoms with van der Waals surface area (Å²) in [5.74, 6) is -2.83. The van der Waals surface area contributed by atoms with Crippen LogP contribution < -0.4 is 0 Å². The Morgan fingerprint density at radius 3 is 2.19 bits per heavy atom. The summed E-state index contributed by atoms with van der Waals surface area (Å²) in [5, 5.41) is 21.2. The summed E-state index contributed by atoms with van der Waals surface area (Å²) in [6.07, 6.45) is 0. The van der Waals surface area contributed by atoms with Crippen LogP contribution in [-0.4, -0.2) is 38.8 Å². The molecule has 1 N–H and O–H groups in total. The molecule has 1 heterocycles. The summed E-state index contributed by atoms with van der Waals surface area (Å²) in [4.78, 5) is 49.1. The molecule has 0 saturated carbocycles. The van der Waals surface area contributed by atoms with Crippen LogP contribution in [0, 0.1) is 15.5 Å². The highest BCUT2D eigenvalue weighted by Gasteiger charge is 2.46. The summed E-state index contributed by atoms with van der Waals surface area (Å²) in [6, 6.07) is 5.48. The third-order valence-electron chi connectivity index (χ3n) is 4.43. The van der Waals surface area contributed by atoms with E-state index in [2.05, 4.69) is 0 Å². The second kappa shape index (κ2) is 5.62. The van der Waals surface area contributed by atoms with Gasteiger partial charge in [-0.15, -0.1) is 0 Å². The van der Waals surface area contributed by atoms with E-state index in [9.17, 15) is 29.6 Å². The average Bonchev–Trinajstić information content (AvgIpc) is 2.54. The number of nitro groups is 1. The highest BCUT2D eigenvalue weighted by molar-refractivity contribution is 6.27. The fraction of sp³-hybridized carbons (Fsp3) is 0.278. The molecule has 0 radical (unpaired) electrons. The second-order valence-electron chi connectivity index (χ2n) is 7.20. The van der Waals surface area contributed by atoms with Gasteiger partial charge in [-0.25, -0.2) is 4.79 Å². The van der Waals surface area contributed by atoms with Crippen LogP contribution in [0.25, 0.3) is 10.8 Å². The normalized spacial score (nSPS) is 15.3. The Bertz CT molecular complexity index is 967. The van der Waals surface area contributed by atoms with Gasteiger partial charge in [0.15, 0.2) is 0 Å². The highest BCUT2D eigenvalue weighted by atomic mass is 16.6. The van der Waals surface area contributed by atoms with Crippen molar-refractivity contribution >= 4 is 34.2 Å². The smallest absolute Gasteiger partial charge is 0.327 e. The maximum Gasteiger partial charge on any atom is 0.327 e. The van der Waals surface area contributed by atoms with Crippen molar-refractivity contribution in [3.63, 3.8) is 0 Å². The van der Waals surface area contributed by atoms with E-state index >= 15 is 0 Å². The lowest BCUT2D eigenvalue weighted by Crippen LogP contribution is -2.56. The molecule has 0 unspecified atom stereocenters. The Hall–Kier alpha value is -3.29. The summed E-state index contributed by atoms with van der Waals surface area (Å²) in [6.45, 7) is 4.87. The minimum Gasteiger partial charge on any atom is -0.480 e. The average molecular weight is 356 g/mol. The molecule has 0 bridgehead atoms. The van der Waals surface area contributed by atoms with Crippen LogP contribution in [0.4, 0.5) is 5.69 Å². The number of non-ortho nitro benzene ring substituents is 1. The molecule has 2 aromatic carbocycles. The molecule has 1 aliphatic rings. The number of hydrogen-bond acceptors (Lipinski definition) is 5. The van der Waals surface area contributed by atoms with Crippen LogP contribution in [0.1, 0.15) is 41.5 Å². The zero-order valence-corrected chi connectivity index (χ0v) is 14.3. The van der Waals surface area contributed by atoms with Gasteiger partial charge in [-0.2, -0.15) is 0 Å². The van der Waals surface area contributed by atoms with E-state index in [0.29, 0.717) is 0 Å². The molecule has 1 aliphatic heterocycles. The van der Waals surface area contributed by atoms with Gasteiger partial charge in [0.05, 0.1) is 10.3 Å². The van der Waals surface area contributed by atoms with Gasteiger partial charge < -0.3 is 5.11 Å². The van der Waals surface area contributed by atoms with E-state index in [1.54, 1.807) is 20.8 Å². The maximum atomic E-state index is 13.0. The molecule has 26 heavy (non-hydrogen) atoms. The van der Waals surface area contributed by atoms with Gasteiger partial charge in [0.1, 0.15) is 6.04 Å². The number of carbonyl (C=O) groups excluding carboxylic acids is 2. The Balaban J connectivity index is 2.31. The number of carboxylic acids is 1. The first-order chi connectivity index (χ1) is 12.1. The predicted octanol–water partition coefficient (Wildman–Crippen LogP) is 2.84. The first-order valence-electron chi connectivity index (χ1n) is 7.86. The monoisotopic (exact) mass is 356 g/mol. The summed E-state index contributed by atoms with van der Waals surface area (Å²) < 4.78 is 0. The molecule has 3 rings (SSSR count). The molecule has 0 aromatic heterocycles. The predicted molar refractivity (Wildman–Crippen MR) is 92.0 cm³/mol. The number of amides is 2. The molecule has 0 aliphatic carbocycles. The van der Waals surface area contributed by atoms with Gasteiger partial charge in [0.2, 0.25) is 0 Å². The maximum absolute atomic E-state index is 13.0. The van der Waals surface area contributed by atoms with Crippen LogP contribution in [0.2, 0.25) is 0 Å². The SMILES string of the molecule is CC(C)(C)[C@@H](C(=O)O)N1C(=O)c2cccc3c([N+](=O)[O-])ccc(c23)C1=O. The Morgan fingerprint density at radius 1 is 1.12 bits per heavy atom. The molecular weight excluding hydrogens is 340 g/mol. The number of nitrogens with zero attached hydrogens (tertiary/aromatic N) is 2. The molecule has 2 amide bonds. The van der Waals surface area contributed by atoms with Crippen molar-refractivity contribution in [3.05, 3.63) is 51.6 Å². The summed E-state index contributed by atoms with van der Waals surface area (Å²) >= 11 is 0. The second-order valence-corrected chi connectivity index (χ2v) is 7.20. The van der Waals surface area contributed by atoms with Crippen LogP contribution >= 0.6 is 0 Å². The lowest BCUT2D eigenvalue weighted by Gasteiger charge is -2.38. The fourth-order valence-electron chi connectivity index (χ4n) is 3.36. The molecule has 0 fully saturated rings. The van der Waals surface area contributed by atoms with E-state index in [1.807, 2.05) is 0 Å². The first-order valence-corrected chi connectivity index (χ1v) is 7.86. The number of benzene rings is 2. The number of carboxylic acid groups (broad SMARTS) is 1. The number of hydrogen-bond donors (Lipinski definition) is 1. The van der Waals surface area contributed by atoms with Gasteiger partial charge in [-0.3, -0.25) is 24.6 Å². The van der Waals surface area contributed by atoms with Crippen molar-refractivity contribution in [3.8, 4) is 0 Å². The minimum absolute atomic E-state index is 0.0799. The van der Waals surface area contributed by atoms with E-state index in [-0.39, 0.29) is 27.6 Å². The fourth-order valence-corrected chi connectivity index (χ4v) is 3.36. The van der Waals surface area contributed by atoms with Gasteiger partial charge in [0.25, 0.3) is 17.5 Å². The number of carbonyl (C=O) groups is 3. The van der Waals surface area contributed by atoms with E-state index in [1.165, 1.54) is 30.3 Å². The minimum atomic E-state index is -1.37. The van der Waals surface area contributed by atoms with E-state index in [0.717, 1.165) is 4.90 Å². The standard InChI is InChI=1S/C18H16N2O6/c1-18(2,3)14(17(23)24)19-15(21)10-6-4-5-9-12(20(25)26)8-7-11(13(9)10)16(19)22/h4-8,14H,1-3H3,(H,23,24)/t14-/m1/s1. The third kappa shape index (κ3) is 2.42. The zero-order chi connectivity index (χ0) is 19.4. The highest BCUT2D eigenvalue weighted by Crippen LogP contribution is 2.38. The van der Waals surface area contributed by atoms with Gasteiger partial charge in [0, 0.05) is 22.6 Å². The van der Waals surface area contributed by atoms with Crippen molar-refractivity contribution in [2.24, 2.45) is 5.41 Å². The quantitative estimate of drug-likeness (QED) is 0.513. The molecule has 8 heteroatoms. The molecule has 134 valence electrons. The Kier molecular flexibility index (Phi) is 3.79. The number of rotatable bonds is 3. The van der Waals surface area contributed by atoms with Gasteiger partial charge >= 0.3 is 5.97 Å². The molecule has 0 spiro atoms. The zero-order valence-electron chi connectivity index (χ0n) is 14.3. The molecule has 8 nitrogen and oxygen atoms in total. The Morgan fingerprint density at radius 2 is 1.69 bits per heavy atom. The lowest BCUT2D eigenvalue weighted by atomic mass is 9.83. The van der Waals surface area contributed by atoms with Crippen LogP contribution in [0.15, 0.2) is 30.3 Å². The number of nitro benzene ring substituents is 1. The third-order valence-corrected chi connectivity index (χ3v) is 4.43. The Labute approximate surface area is 148 Å². The van der Waals surface area contributed by atoms with E-state index < -0.39 is 34.2 Å². The van der Waals surface area contributed by atoms with Crippen molar-refractivity contribution < 1.29 is 24.4 Å². The first kappa shape index (κ1) is 17.5. The summed E-state index contributed by atoms with van der Waals surface area (Å²) in [7, 11) is 0. The van der Waals surface area contributed by atoms with E-state index in [4.69, 9.17) is 0 Å². The van der Waals surface area contributed by atoms with Crippen LogP contribution in [0.5, 0.6) is 0 Å². The summed E-state index contributed by atoms with van der Waals surface area (Å²) in [5.41, 5.74) is -0.957. The van der Waals surface area contributed by atoms with Crippen molar-refractivity contribution in [1.82, 2.24) is 4.90 Å². The van der Waals surface area contributed by atoms with Gasteiger partial charge in [-0.05, 0) is 23.6 Å². The lowest BCUT2D eigenvalue weighted by molar-refractivity contribution is -0.383. The molecule has 0 saturated heterocycles. The number of imide groups is 1.